The fourth-order valence-corrected chi connectivity index (χ4v) is 1.62. The number of hydrogen-bond acceptors (Lipinski definition) is 5. The average molecular weight is 246 g/mol. The zero-order chi connectivity index (χ0) is 13.3. The normalized spacial score (nSPS) is 10.4. The summed E-state index contributed by atoms with van der Waals surface area (Å²) in [5.74, 6) is -0.244. The van der Waals surface area contributed by atoms with Gasteiger partial charge in [-0.1, -0.05) is 0 Å². The van der Waals surface area contributed by atoms with Crippen LogP contribution in [0, 0.1) is 13.8 Å². The lowest BCUT2D eigenvalue weighted by atomic mass is 10.3. The van der Waals surface area contributed by atoms with Crippen molar-refractivity contribution in [1.29, 1.82) is 0 Å². The van der Waals surface area contributed by atoms with Gasteiger partial charge in [-0.3, -0.25) is 9.48 Å². The third-order valence-corrected chi connectivity index (χ3v) is 2.37. The Kier molecular flexibility index (Phi) is 2.97. The van der Waals surface area contributed by atoms with Gasteiger partial charge in [-0.2, -0.15) is 5.10 Å². The molecule has 0 bridgehead atoms. The Morgan fingerprint density at radius 3 is 2.67 bits per heavy atom. The molecule has 0 spiro atoms. The lowest BCUT2D eigenvalue weighted by Gasteiger charge is -2.04. The summed E-state index contributed by atoms with van der Waals surface area (Å²) in [5, 5.41) is 6.87. The quantitative estimate of drug-likeness (QED) is 0.811. The van der Waals surface area contributed by atoms with Gasteiger partial charge in [0.1, 0.15) is 5.69 Å². The van der Waals surface area contributed by atoms with Crippen LogP contribution in [-0.4, -0.2) is 25.7 Å². The first kappa shape index (κ1) is 12.0. The van der Waals surface area contributed by atoms with Crippen LogP contribution in [0.2, 0.25) is 0 Å². The Bertz CT molecular complexity index is 583. The molecule has 94 valence electrons. The summed E-state index contributed by atoms with van der Waals surface area (Å²) in [6.07, 6.45) is 1.73. The van der Waals surface area contributed by atoms with Crippen LogP contribution in [0.4, 0.5) is 11.6 Å². The molecule has 7 heteroatoms. The molecule has 3 N–H and O–H groups in total. The van der Waals surface area contributed by atoms with Crippen molar-refractivity contribution in [2.24, 2.45) is 7.05 Å². The molecule has 0 fully saturated rings. The molecule has 0 radical (unpaired) electrons. The molecule has 2 heterocycles. The Balaban J connectivity index is 2.24. The predicted octanol–water partition coefficient (Wildman–Crippen LogP) is 0.661. The van der Waals surface area contributed by atoms with Crippen molar-refractivity contribution in [2.75, 3.05) is 11.1 Å². The molecule has 7 nitrogen and oxygen atoms in total. The molecule has 0 aliphatic heterocycles. The predicted molar refractivity (Wildman–Crippen MR) is 67.1 cm³/mol. The van der Waals surface area contributed by atoms with Gasteiger partial charge in [0.25, 0.3) is 5.91 Å². The molecule has 18 heavy (non-hydrogen) atoms. The standard InChI is InChI=1S/C11H14N6O/c1-6-4-8(15-11(12)13-6)10(18)14-9-5-17(3)16-7(9)2/h4-5H,1-3H3,(H,14,18)(H2,12,13,15). The number of nitrogens with zero attached hydrogens (tertiary/aromatic N) is 4. The third-order valence-electron chi connectivity index (χ3n) is 2.37. The minimum absolute atomic E-state index is 0.0862. The zero-order valence-electron chi connectivity index (χ0n) is 10.4. The van der Waals surface area contributed by atoms with Gasteiger partial charge in [0.05, 0.1) is 11.4 Å². The first-order valence-corrected chi connectivity index (χ1v) is 5.38. The van der Waals surface area contributed by atoms with E-state index < -0.39 is 0 Å². The first-order chi connectivity index (χ1) is 8.45. The number of nitrogens with one attached hydrogen (secondary N) is 1. The summed E-state index contributed by atoms with van der Waals surface area (Å²) in [5.41, 5.74) is 7.78. The van der Waals surface area contributed by atoms with E-state index >= 15 is 0 Å². The maximum atomic E-state index is 12.0. The second-order valence-corrected chi connectivity index (χ2v) is 4.01. The van der Waals surface area contributed by atoms with Crippen LogP contribution < -0.4 is 11.1 Å². The molecule has 1 amide bonds. The molecule has 2 aromatic heterocycles. The van der Waals surface area contributed by atoms with Crippen molar-refractivity contribution in [3.63, 3.8) is 0 Å². The SMILES string of the molecule is Cc1cc(C(=O)Nc2cn(C)nc2C)nc(N)n1. The Labute approximate surface area is 104 Å². The monoisotopic (exact) mass is 246 g/mol. The van der Waals surface area contributed by atoms with Gasteiger partial charge in [-0.25, -0.2) is 9.97 Å². The second-order valence-electron chi connectivity index (χ2n) is 4.01. The molecular formula is C11H14N6O. The lowest BCUT2D eigenvalue weighted by molar-refractivity contribution is 0.102. The van der Waals surface area contributed by atoms with Gasteiger partial charge < -0.3 is 11.1 Å². The van der Waals surface area contributed by atoms with Crippen LogP contribution in [0.15, 0.2) is 12.3 Å². The molecule has 0 aliphatic carbocycles. The van der Waals surface area contributed by atoms with Gasteiger partial charge in [0.2, 0.25) is 5.95 Å². The third kappa shape index (κ3) is 2.45. The summed E-state index contributed by atoms with van der Waals surface area (Å²) < 4.78 is 1.63. The second kappa shape index (κ2) is 4.44. The van der Waals surface area contributed by atoms with Crippen LogP contribution in [0.3, 0.4) is 0 Å². The van der Waals surface area contributed by atoms with Gasteiger partial charge in [-0.05, 0) is 19.9 Å². The number of carbonyl (C=O) groups is 1. The van der Waals surface area contributed by atoms with E-state index in [9.17, 15) is 4.79 Å². The highest BCUT2D eigenvalue weighted by Crippen LogP contribution is 2.13. The molecule has 2 rings (SSSR count). The van der Waals surface area contributed by atoms with Crippen molar-refractivity contribution in [3.05, 3.63) is 29.3 Å². The minimum atomic E-state index is -0.330. The van der Waals surface area contributed by atoms with Crippen molar-refractivity contribution in [2.45, 2.75) is 13.8 Å². The Morgan fingerprint density at radius 2 is 2.11 bits per heavy atom. The molecule has 0 aromatic carbocycles. The summed E-state index contributed by atoms with van der Waals surface area (Å²) >= 11 is 0. The largest absolute Gasteiger partial charge is 0.368 e. The first-order valence-electron chi connectivity index (χ1n) is 5.38. The summed E-state index contributed by atoms with van der Waals surface area (Å²) in [6, 6.07) is 1.58. The van der Waals surface area contributed by atoms with E-state index in [-0.39, 0.29) is 17.5 Å². The Hall–Kier alpha value is -2.44. The average Bonchev–Trinajstić information content (AvgIpc) is 2.56. The van der Waals surface area contributed by atoms with Gasteiger partial charge in [0.15, 0.2) is 0 Å². The van der Waals surface area contributed by atoms with E-state index in [4.69, 9.17) is 5.73 Å². The van der Waals surface area contributed by atoms with Crippen LogP contribution in [0.25, 0.3) is 0 Å². The summed E-state index contributed by atoms with van der Waals surface area (Å²) in [6.45, 7) is 3.57. The fraction of sp³-hybridized carbons (Fsp3) is 0.273. The molecule has 0 saturated heterocycles. The lowest BCUT2D eigenvalue weighted by Crippen LogP contribution is -2.15. The molecule has 2 aromatic rings. The maximum Gasteiger partial charge on any atom is 0.274 e. The number of hydrogen-bond donors (Lipinski definition) is 2. The number of carbonyl (C=O) groups excluding carboxylic acids is 1. The van der Waals surface area contributed by atoms with Crippen LogP contribution in [0.1, 0.15) is 21.9 Å². The topological polar surface area (TPSA) is 98.7 Å². The van der Waals surface area contributed by atoms with Gasteiger partial charge >= 0.3 is 0 Å². The van der Waals surface area contributed by atoms with Gasteiger partial charge in [-0.15, -0.1) is 0 Å². The zero-order valence-corrected chi connectivity index (χ0v) is 10.4. The highest BCUT2D eigenvalue weighted by atomic mass is 16.1. The van der Waals surface area contributed by atoms with E-state index in [2.05, 4.69) is 20.4 Å². The van der Waals surface area contributed by atoms with E-state index in [1.807, 2.05) is 6.92 Å². The number of aromatic nitrogens is 4. The smallest absolute Gasteiger partial charge is 0.274 e. The van der Waals surface area contributed by atoms with Crippen molar-refractivity contribution >= 4 is 17.5 Å². The van der Waals surface area contributed by atoms with E-state index in [1.165, 1.54) is 0 Å². The van der Waals surface area contributed by atoms with Crippen LogP contribution in [-0.2, 0) is 7.05 Å². The fourth-order valence-electron chi connectivity index (χ4n) is 1.62. The van der Waals surface area contributed by atoms with Gasteiger partial charge in [0, 0.05) is 18.9 Å². The van der Waals surface area contributed by atoms with Crippen molar-refractivity contribution < 1.29 is 4.79 Å². The van der Waals surface area contributed by atoms with E-state index in [0.717, 1.165) is 5.69 Å². The van der Waals surface area contributed by atoms with E-state index in [1.54, 1.807) is 30.9 Å². The molecule has 0 atom stereocenters. The number of aryl methyl sites for hydroxylation is 3. The minimum Gasteiger partial charge on any atom is -0.368 e. The van der Waals surface area contributed by atoms with Crippen molar-refractivity contribution in [1.82, 2.24) is 19.7 Å². The maximum absolute atomic E-state index is 12.0. The van der Waals surface area contributed by atoms with Crippen LogP contribution >= 0.6 is 0 Å². The molecule has 0 unspecified atom stereocenters. The number of nitrogens with two attached hydrogens (primary N) is 1. The molecule has 0 saturated carbocycles. The number of rotatable bonds is 2. The molecular weight excluding hydrogens is 232 g/mol. The highest BCUT2D eigenvalue weighted by Gasteiger charge is 2.12. The summed E-state index contributed by atoms with van der Waals surface area (Å²) in [7, 11) is 1.79. The Morgan fingerprint density at radius 1 is 1.39 bits per heavy atom. The van der Waals surface area contributed by atoms with Crippen molar-refractivity contribution in [3.8, 4) is 0 Å². The summed E-state index contributed by atoms with van der Waals surface area (Å²) in [4.78, 5) is 19.8. The number of anilines is 2. The highest BCUT2D eigenvalue weighted by molar-refractivity contribution is 6.03. The number of amides is 1. The van der Waals surface area contributed by atoms with E-state index in [0.29, 0.717) is 11.4 Å². The van der Waals surface area contributed by atoms with Crippen LogP contribution in [0.5, 0.6) is 0 Å². The number of nitrogen functional groups attached to an aromatic ring is 1. The molecule has 0 aliphatic rings.